The van der Waals surface area contributed by atoms with Crippen LogP contribution >= 0.6 is 0 Å². The van der Waals surface area contributed by atoms with Crippen molar-refractivity contribution in [1.82, 2.24) is 5.32 Å². The number of carbonyl (C=O) groups excluding carboxylic acids is 1. The van der Waals surface area contributed by atoms with Crippen LogP contribution in [0, 0.1) is 17.2 Å². The lowest BCUT2D eigenvalue weighted by Crippen LogP contribution is -2.48. The standard InChI is InChI=1S/C20H20N2O2/c21-13-15-8-4-5-9-18(15)20(24)22-19(16-11-17(23)12-16)10-14-6-2-1-3-7-14/h1-9,16-17,19,23H,10-12H2,(H,22,24). The number of carbonyl (C=O) groups is 1. The van der Waals surface area contributed by atoms with E-state index >= 15 is 0 Å². The Morgan fingerprint density at radius 2 is 1.83 bits per heavy atom. The molecular weight excluding hydrogens is 300 g/mol. The zero-order valence-corrected chi connectivity index (χ0v) is 13.4. The van der Waals surface area contributed by atoms with Gasteiger partial charge in [-0.25, -0.2) is 0 Å². The van der Waals surface area contributed by atoms with Gasteiger partial charge in [-0.2, -0.15) is 5.26 Å². The van der Waals surface area contributed by atoms with Crippen LogP contribution in [0.1, 0.15) is 34.3 Å². The second-order valence-corrected chi connectivity index (χ2v) is 6.31. The molecule has 4 nitrogen and oxygen atoms in total. The number of aliphatic hydroxyl groups excluding tert-OH is 1. The van der Waals surface area contributed by atoms with E-state index in [1.807, 2.05) is 30.3 Å². The van der Waals surface area contributed by atoms with Gasteiger partial charge in [-0.3, -0.25) is 4.79 Å². The predicted octanol–water partition coefficient (Wildman–Crippen LogP) is 2.67. The molecule has 2 aromatic carbocycles. The lowest BCUT2D eigenvalue weighted by molar-refractivity contribution is 0.0239. The van der Waals surface area contributed by atoms with Gasteiger partial charge < -0.3 is 10.4 Å². The molecule has 0 aromatic heterocycles. The van der Waals surface area contributed by atoms with Gasteiger partial charge in [-0.1, -0.05) is 42.5 Å². The van der Waals surface area contributed by atoms with Crippen molar-refractivity contribution in [3.8, 4) is 6.07 Å². The van der Waals surface area contributed by atoms with Crippen molar-refractivity contribution in [2.24, 2.45) is 5.92 Å². The molecule has 0 aliphatic heterocycles. The average molecular weight is 320 g/mol. The van der Waals surface area contributed by atoms with Crippen LogP contribution in [0.2, 0.25) is 0 Å². The minimum Gasteiger partial charge on any atom is -0.393 e. The lowest BCUT2D eigenvalue weighted by Gasteiger charge is -2.38. The molecule has 0 spiro atoms. The molecule has 1 amide bonds. The molecule has 24 heavy (non-hydrogen) atoms. The van der Waals surface area contributed by atoms with Crippen LogP contribution in [0.3, 0.4) is 0 Å². The first-order chi connectivity index (χ1) is 11.7. The molecule has 2 aromatic rings. The first-order valence-corrected chi connectivity index (χ1v) is 8.19. The van der Waals surface area contributed by atoms with Crippen LogP contribution < -0.4 is 5.32 Å². The van der Waals surface area contributed by atoms with Gasteiger partial charge in [0, 0.05) is 6.04 Å². The fourth-order valence-corrected chi connectivity index (χ4v) is 3.19. The molecule has 1 aliphatic rings. The largest absolute Gasteiger partial charge is 0.393 e. The summed E-state index contributed by atoms with van der Waals surface area (Å²) >= 11 is 0. The number of nitrogens with one attached hydrogen (secondary N) is 1. The van der Waals surface area contributed by atoms with E-state index in [2.05, 4.69) is 11.4 Å². The number of benzene rings is 2. The van der Waals surface area contributed by atoms with Crippen molar-refractivity contribution in [3.63, 3.8) is 0 Å². The fraction of sp³-hybridized carbons (Fsp3) is 0.300. The Kier molecular flexibility index (Phi) is 4.93. The summed E-state index contributed by atoms with van der Waals surface area (Å²) in [7, 11) is 0. The van der Waals surface area contributed by atoms with Gasteiger partial charge in [0.1, 0.15) is 0 Å². The van der Waals surface area contributed by atoms with E-state index in [0.29, 0.717) is 24.0 Å². The first-order valence-electron chi connectivity index (χ1n) is 8.19. The van der Waals surface area contributed by atoms with Crippen molar-refractivity contribution in [1.29, 1.82) is 5.26 Å². The van der Waals surface area contributed by atoms with Gasteiger partial charge in [0.05, 0.1) is 23.3 Å². The monoisotopic (exact) mass is 320 g/mol. The number of nitrogens with zero attached hydrogens (tertiary/aromatic N) is 1. The van der Waals surface area contributed by atoms with Crippen molar-refractivity contribution in [2.75, 3.05) is 0 Å². The average Bonchev–Trinajstić information content (AvgIpc) is 2.59. The summed E-state index contributed by atoms with van der Waals surface area (Å²) in [4.78, 5) is 12.6. The number of nitriles is 1. The molecule has 1 fully saturated rings. The highest BCUT2D eigenvalue weighted by molar-refractivity contribution is 5.96. The van der Waals surface area contributed by atoms with Crippen LogP contribution in [0.4, 0.5) is 0 Å². The number of hydrogen-bond donors (Lipinski definition) is 2. The summed E-state index contributed by atoms with van der Waals surface area (Å²) in [5, 5.41) is 21.9. The molecule has 0 bridgehead atoms. The maximum atomic E-state index is 12.6. The summed E-state index contributed by atoms with van der Waals surface area (Å²) in [6, 6.07) is 18.8. The topological polar surface area (TPSA) is 73.1 Å². The molecule has 0 saturated heterocycles. The van der Waals surface area contributed by atoms with Gasteiger partial charge in [0.15, 0.2) is 0 Å². The molecule has 1 aliphatic carbocycles. The molecule has 0 radical (unpaired) electrons. The molecule has 1 saturated carbocycles. The number of amides is 1. The third-order valence-electron chi connectivity index (χ3n) is 4.63. The molecule has 3 rings (SSSR count). The van der Waals surface area contributed by atoms with E-state index in [1.54, 1.807) is 24.3 Å². The maximum Gasteiger partial charge on any atom is 0.252 e. The van der Waals surface area contributed by atoms with Crippen molar-refractivity contribution in [2.45, 2.75) is 31.4 Å². The first kappa shape index (κ1) is 16.2. The SMILES string of the molecule is N#Cc1ccccc1C(=O)NC(Cc1ccccc1)C1CC(O)C1. The molecule has 0 heterocycles. The summed E-state index contributed by atoms with van der Waals surface area (Å²) in [5.74, 6) is 0.0351. The van der Waals surface area contributed by atoms with Gasteiger partial charge >= 0.3 is 0 Å². The Bertz CT molecular complexity index is 746. The van der Waals surface area contributed by atoms with Crippen molar-refractivity contribution < 1.29 is 9.90 Å². The Morgan fingerprint density at radius 3 is 2.50 bits per heavy atom. The highest BCUT2D eigenvalue weighted by Gasteiger charge is 2.35. The highest BCUT2D eigenvalue weighted by Crippen LogP contribution is 2.32. The van der Waals surface area contributed by atoms with E-state index in [9.17, 15) is 15.2 Å². The van der Waals surface area contributed by atoms with Gasteiger partial charge in [0.25, 0.3) is 5.91 Å². The van der Waals surface area contributed by atoms with Crippen LogP contribution in [0.15, 0.2) is 54.6 Å². The van der Waals surface area contributed by atoms with E-state index in [1.165, 1.54) is 0 Å². The predicted molar refractivity (Wildman–Crippen MR) is 91.3 cm³/mol. The second kappa shape index (κ2) is 7.29. The van der Waals surface area contributed by atoms with Gasteiger partial charge in [-0.05, 0) is 42.9 Å². The summed E-state index contributed by atoms with van der Waals surface area (Å²) in [6.07, 6.45) is 1.87. The molecule has 2 N–H and O–H groups in total. The zero-order valence-electron chi connectivity index (χ0n) is 13.4. The minimum absolute atomic E-state index is 0.0463. The van der Waals surface area contributed by atoms with Crippen LogP contribution in [-0.2, 0) is 6.42 Å². The Balaban J connectivity index is 1.76. The van der Waals surface area contributed by atoms with E-state index in [-0.39, 0.29) is 24.0 Å². The third-order valence-corrected chi connectivity index (χ3v) is 4.63. The molecule has 4 heteroatoms. The Morgan fingerprint density at radius 1 is 1.17 bits per heavy atom. The maximum absolute atomic E-state index is 12.6. The summed E-state index contributed by atoms with van der Waals surface area (Å²) < 4.78 is 0. The normalized spacial score (nSPS) is 20.5. The van der Waals surface area contributed by atoms with Crippen molar-refractivity contribution in [3.05, 3.63) is 71.3 Å². The van der Waals surface area contributed by atoms with Crippen molar-refractivity contribution >= 4 is 5.91 Å². The Hall–Kier alpha value is -2.64. The van der Waals surface area contributed by atoms with Crippen LogP contribution in [0.5, 0.6) is 0 Å². The zero-order chi connectivity index (χ0) is 16.9. The third kappa shape index (κ3) is 3.64. The van der Waals surface area contributed by atoms with Crippen LogP contribution in [0.25, 0.3) is 0 Å². The molecule has 1 unspecified atom stereocenters. The van der Waals surface area contributed by atoms with Crippen LogP contribution in [-0.4, -0.2) is 23.2 Å². The van der Waals surface area contributed by atoms with E-state index < -0.39 is 0 Å². The quantitative estimate of drug-likeness (QED) is 0.889. The lowest BCUT2D eigenvalue weighted by atomic mass is 9.75. The van der Waals surface area contributed by atoms with E-state index in [0.717, 1.165) is 12.0 Å². The smallest absolute Gasteiger partial charge is 0.252 e. The molecular formula is C20H20N2O2. The number of rotatable bonds is 5. The molecule has 122 valence electrons. The minimum atomic E-state index is -0.267. The van der Waals surface area contributed by atoms with Gasteiger partial charge in [0.2, 0.25) is 0 Å². The molecule has 1 atom stereocenters. The number of aliphatic hydroxyl groups is 1. The Labute approximate surface area is 141 Å². The fourth-order valence-electron chi connectivity index (χ4n) is 3.19. The highest BCUT2D eigenvalue weighted by atomic mass is 16.3. The van der Waals surface area contributed by atoms with Gasteiger partial charge in [-0.15, -0.1) is 0 Å². The number of hydrogen-bond acceptors (Lipinski definition) is 3. The van der Waals surface area contributed by atoms with E-state index in [4.69, 9.17) is 0 Å². The summed E-state index contributed by atoms with van der Waals surface area (Å²) in [5.41, 5.74) is 1.93. The summed E-state index contributed by atoms with van der Waals surface area (Å²) in [6.45, 7) is 0. The second-order valence-electron chi connectivity index (χ2n) is 6.31.